The van der Waals surface area contributed by atoms with E-state index >= 15 is 0 Å². The smallest absolute Gasteiger partial charge is 0.200 e. The lowest BCUT2D eigenvalue weighted by atomic mass is 9.86. The van der Waals surface area contributed by atoms with E-state index in [9.17, 15) is 4.79 Å². The molecule has 7 aromatic carbocycles. The van der Waals surface area contributed by atoms with Crippen molar-refractivity contribution in [3.63, 3.8) is 0 Å². The molecular formula is C47H35NO2. The molecule has 0 spiro atoms. The lowest BCUT2D eigenvalue weighted by Crippen LogP contribution is -2.10. The van der Waals surface area contributed by atoms with Gasteiger partial charge in [0.15, 0.2) is 0 Å². The Morgan fingerprint density at radius 2 is 1.00 bits per heavy atom. The van der Waals surface area contributed by atoms with Crippen molar-refractivity contribution in [2.24, 2.45) is 0 Å². The first-order chi connectivity index (χ1) is 24.3. The summed E-state index contributed by atoms with van der Waals surface area (Å²) >= 11 is 0. The maximum absolute atomic E-state index is 13.3. The standard InChI is InChI=1S/C47H35NO2/c1-47(2,3)36-20-23-43-41(29-36)40-27-32(33-18-21-39-45(28-33)50-44-17-11-10-16-38(44)46(39)49)19-22-42(40)48(43)37-25-34(30-12-6-4-7-13-30)24-35(26-37)31-14-8-5-9-15-31/h4-29H,1-3H3. The third-order valence-electron chi connectivity index (χ3n) is 9.93. The van der Waals surface area contributed by atoms with Crippen LogP contribution in [0, 0.1) is 0 Å². The Morgan fingerprint density at radius 1 is 0.440 bits per heavy atom. The van der Waals surface area contributed by atoms with Crippen molar-refractivity contribution in [1.29, 1.82) is 0 Å². The third kappa shape index (κ3) is 5.02. The van der Waals surface area contributed by atoms with Crippen LogP contribution in [0.5, 0.6) is 0 Å². The van der Waals surface area contributed by atoms with Gasteiger partial charge in [-0.25, -0.2) is 0 Å². The Morgan fingerprint density at radius 3 is 1.68 bits per heavy atom. The molecule has 0 saturated heterocycles. The van der Waals surface area contributed by atoms with Crippen molar-refractivity contribution in [3.05, 3.63) is 174 Å². The first-order valence-corrected chi connectivity index (χ1v) is 17.1. The zero-order chi connectivity index (χ0) is 34.0. The summed E-state index contributed by atoms with van der Waals surface area (Å²) in [5, 5.41) is 3.57. The molecule has 0 bridgehead atoms. The molecule has 0 fully saturated rings. The number of hydrogen-bond donors (Lipinski definition) is 0. The highest BCUT2D eigenvalue weighted by molar-refractivity contribution is 6.11. The molecule has 0 aliphatic heterocycles. The SMILES string of the molecule is CC(C)(C)c1ccc2c(c1)c1cc(-c3ccc4c(=O)c5ccccc5oc4c3)ccc1n2-c1cc(-c2ccccc2)cc(-c2ccccc2)c1. The van der Waals surface area contributed by atoms with Crippen molar-refractivity contribution in [2.45, 2.75) is 26.2 Å². The topological polar surface area (TPSA) is 35.1 Å². The van der Waals surface area contributed by atoms with Crippen molar-refractivity contribution in [3.8, 4) is 39.1 Å². The van der Waals surface area contributed by atoms with Crippen molar-refractivity contribution in [2.75, 3.05) is 0 Å². The number of fused-ring (bicyclic) bond motifs is 5. The third-order valence-corrected chi connectivity index (χ3v) is 9.93. The number of rotatable bonds is 4. The molecule has 0 unspecified atom stereocenters. The lowest BCUT2D eigenvalue weighted by Gasteiger charge is -2.19. The number of para-hydroxylation sites is 1. The minimum Gasteiger partial charge on any atom is -0.456 e. The second-order valence-corrected chi connectivity index (χ2v) is 14.2. The Hall–Kier alpha value is -6.19. The molecule has 3 heteroatoms. The van der Waals surface area contributed by atoms with E-state index in [-0.39, 0.29) is 10.8 Å². The summed E-state index contributed by atoms with van der Waals surface area (Å²) < 4.78 is 8.66. The summed E-state index contributed by atoms with van der Waals surface area (Å²) in [4.78, 5) is 13.3. The van der Waals surface area contributed by atoms with Gasteiger partial charge < -0.3 is 8.98 Å². The molecule has 240 valence electrons. The fourth-order valence-corrected chi connectivity index (χ4v) is 7.26. The van der Waals surface area contributed by atoms with Crippen LogP contribution in [0.1, 0.15) is 26.3 Å². The van der Waals surface area contributed by atoms with Crippen LogP contribution >= 0.6 is 0 Å². The average Bonchev–Trinajstić information content (AvgIpc) is 3.48. The van der Waals surface area contributed by atoms with Gasteiger partial charge in [-0.1, -0.05) is 112 Å². The van der Waals surface area contributed by atoms with Crippen LogP contribution in [0.2, 0.25) is 0 Å². The Labute approximate surface area is 290 Å². The second kappa shape index (κ2) is 11.5. The van der Waals surface area contributed by atoms with Gasteiger partial charge in [-0.2, -0.15) is 0 Å². The van der Waals surface area contributed by atoms with E-state index in [0.717, 1.165) is 27.8 Å². The predicted molar refractivity (Wildman–Crippen MR) is 209 cm³/mol. The summed E-state index contributed by atoms with van der Waals surface area (Å²) in [5.41, 5.74) is 12.6. The molecule has 0 atom stereocenters. The van der Waals surface area contributed by atoms with Gasteiger partial charge >= 0.3 is 0 Å². The minimum absolute atomic E-state index is 0.00534. The molecule has 50 heavy (non-hydrogen) atoms. The van der Waals surface area contributed by atoms with Gasteiger partial charge in [0.1, 0.15) is 11.2 Å². The van der Waals surface area contributed by atoms with Gasteiger partial charge in [0.25, 0.3) is 0 Å². The highest BCUT2D eigenvalue weighted by Gasteiger charge is 2.20. The molecule has 0 amide bonds. The number of benzene rings is 7. The van der Waals surface area contributed by atoms with Gasteiger partial charge in [0.05, 0.1) is 21.8 Å². The first kappa shape index (κ1) is 29.9. The molecule has 0 saturated carbocycles. The van der Waals surface area contributed by atoms with E-state index in [1.807, 2.05) is 42.5 Å². The summed E-state index contributed by atoms with van der Waals surface area (Å²) in [6.45, 7) is 6.79. The van der Waals surface area contributed by atoms with Gasteiger partial charge in [-0.3, -0.25) is 4.79 Å². The van der Waals surface area contributed by atoms with Gasteiger partial charge in [0, 0.05) is 16.5 Å². The zero-order valence-corrected chi connectivity index (χ0v) is 28.3. The quantitative estimate of drug-likeness (QED) is 0.179. The monoisotopic (exact) mass is 645 g/mol. The number of nitrogens with zero attached hydrogens (tertiary/aromatic N) is 1. The fraction of sp³-hybridized carbons (Fsp3) is 0.0851. The molecule has 0 N–H and O–H groups in total. The summed E-state index contributed by atoms with van der Waals surface area (Å²) in [6.07, 6.45) is 0. The Balaban J connectivity index is 1.29. The van der Waals surface area contributed by atoms with Crippen LogP contribution in [-0.4, -0.2) is 4.57 Å². The van der Waals surface area contributed by atoms with Gasteiger partial charge in [-0.05, 0) is 111 Å². The predicted octanol–water partition coefficient (Wildman–Crippen LogP) is 12.3. The number of aromatic nitrogens is 1. The van der Waals surface area contributed by atoms with Crippen molar-refractivity contribution >= 4 is 43.7 Å². The fourth-order valence-electron chi connectivity index (χ4n) is 7.26. The van der Waals surface area contributed by atoms with E-state index in [2.05, 4.69) is 141 Å². The molecule has 9 aromatic rings. The Kier molecular flexibility index (Phi) is 6.86. The van der Waals surface area contributed by atoms with Crippen LogP contribution in [0.4, 0.5) is 0 Å². The maximum Gasteiger partial charge on any atom is 0.200 e. The average molecular weight is 646 g/mol. The number of hydrogen-bond acceptors (Lipinski definition) is 2. The molecule has 2 aromatic heterocycles. The lowest BCUT2D eigenvalue weighted by molar-refractivity contribution is 0.591. The van der Waals surface area contributed by atoms with E-state index in [0.29, 0.717) is 21.9 Å². The zero-order valence-electron chi connectivity index (χ0n) is 28.3. The maximum atomic E-state index is 13.3. The van der Waals surface area contributed by atoms with Crippen molar-refractivity contribution in [1.82, 2.24) is 4.57 Å². The molecule has 3 nitrogen and oxygen atoms in total. The van der Waals surface area contributed by atoms with Gasteiger partial charge in [0.2, 0.25) is 5.43 Å². The Bertz CT molecular complexity index is 2740. The van der Waals surface area contributed by atoms with Crippen LogP contribution in [0.3, 0.4) is 0 Å². The van der Waals surface area contributed by atoms with Gasteiger partial charge in [-0.15, -0.1) is 0 Å². The summed E-state index contributed by atoms with van der Waals surface area (Å²) in [6, 6.07) is 55.1. The molecule has 0 radical (unpaired) electrons. The van der Waals surface area contributed by atoms with E-state index < -0.39 is 0 Å². The summed E-state index contributed by atoms with van der Waals surface area (Å²) in [7, 11) is 0. The molecule has 0 aliphatic carbocycles. The van der Waals surface area contributed by atoms with E-state index in [1.54, 1.807) is 0 Å². The van der Waals surface area contributed by atoms with Crippen LogP contribution in [0.25, 0.3) is 82.8 Å². The molecular weight excluding hydrogens is 611 g/mol. The largest absolute Gasteiger partial charge is 0.456 e. The van der Waals surface area contributed by atoms with Crippen LogP contribution < -0.4 is 5.43 Å². The van der Waals surface area contributed by atoms with Crippen molar-refractivity contribution < 1.29 is 4.42 Å². The highest BCUT2D eigenvalue weighted by Crippen LogP contribution is 2.39. The van der Waals surface area contributed by atoms with E-state index in [1.165, 1.54) is 38.6 Å². The minimum atomic E-state index is -0.00735. The molecule has 2 heterocycles. The highest BCUT2D eigenvalue weighted by atomic mass is 16.3. The first-order valence-electron chi connectivity index (χ1n) is 17.1. The second-order valence-electron chi connectivity index (χ2n) is 14.2. The van der Waals surface area contributed by atoms with E-state index in [4.69, 9.17) is 4.42 Å². The van der Waals surface area contributed by atoms with Crippen LogP contribution in [0.15, 0.2) is 167 Å². The van der Waals surface area contributed by atoms with Crippen LogP contribution in [-0.2, 0) is 5.41 Å². The molecule has 0 aliphatic rings. The summed E-state index contributed by atoms with van der Waals surface area (Å²) in [5.74, 6) is 0. The normalized spacial score (nSPS) is 12.0. The molecule has 9 rings (SSSR count).